The van der Waals surface area contributed by atoms with Crippen molar-refractivity contribution in [1.82, 2.24) is 14.7 Å². The van der Waals surface area contributed by atoms with Crippen LogP contribution in [-0.2, 0) is 16.3 Å². The van der Waals surface area contributed by atoms with E-state index in [0.29, 0.717) is 35.0 Å². The van der Waals surface area contributed by atoms with Crippen LogP contribution in [0.1, 0.15) is 13.8 Å². The van der Waals surface area contributed by atoms with Crippen LogP contribution in [0.25, 0.3) is 22.5 Å². The molecule has 0 atom stereocenters. The van der Waals surface area contributed by atoms with Crippen molar-refractivity contribution in [2.24, 2.45) is 0 Å². The summed E-state index contributed by atoms with van der Waals surface area (Å²) in [5.74, 6) is -0.348. The monoisotopic (exact) mass is 464 g/mol. The number of hydrogen-bond donors (Lipinski definition) is 1. The van der Waals surface area contributed by atoms with Crippen LogP contribution in [0, 0.1) is 5.82 Å². The number of hydrogen-bond acceptors (Lipinski definition) is 7. The number of ether oxygens (including phenoxy) is 2. The van der Waals surface area contributed by atoms with E-state index in [1.165, 1.54) is 42.1 Å². The number of benzene rings is 2. The van der Waals surface area contributed by atoms with Crippen LogP contribution in [0.3, 0.4) is 0 Å². The van der Waals surface area contributed by atoms with E-state index in [0.717, 1.165) is 0 Å². The summed E-state index contributed by atoms with van der Waals surface area (Å²) in [6.45, 7) is 3.56. The molecular weight excluding hydrogens is 443 g/mol. The smallest absolute Gasteiger partial charge is 0.366 e. The van der Waals surface area contributed by atoms with Crippen LogP contribution in [0.15, 0.2) is 70.1 Å². The molecule has 0 spiro atoms. The molecule has 174 valence electrons. The Bertz CT molecular complexity index is 1360. The second-order valence-corrected chi connectivity index (χ2v) is 7.11. The van der Waals surface area contributed by atoms with Gasteiger partial charge in [-0.3, -0.25) is 4.79 Å². The van der Waals surface area contributed by atoms with Gasteiger partial charge < -0.3 is 19.3 Å². The maximum absolute atomic E-state index is 13.5. The number of para-hydroxylation sites is 2. The summed E-state index contributed by atoms with van der Waals surface area (Å²) in [6.07, 6.45) is 1.47. The summed E-state index contributed by atoms with van der Waals surface area (Å²) in [7, 11) is 0. The molecule has 0 radical (unpaired) electrons. The topological polar surface area (TPSA) is 108 Å². The summed E-state index contributed by atoms with van der Waals surface area (Å²) < 4.78 is 31.4. The molecule has 0 aliphatic carbocycles. The molecule has 4 rings (SSSR count). The van der Waals surface area contributed by atoms with Crippen LogP contribution < -0.4 is 15.7 Å². The van der Waals surface area contributed by atoms with Gasteiger partial charge >= 0.3 is 11.6 Å². The van der Waals surface area contributed by atoms with Crippen LogP contribution in [0.2, 0.25) is 0 Å². The van der Waals surface area contributed by atoms with E-state index < -0.39 is 11.4 Å². The van der Waals surface area contributed by atoms with Gasteiger partial charge in [-0.25, -0.2) is 14.2 Å². The number of nitrogens with zero attached hydrogens (tertiary/aromatic N) is 3. The van der Waals surface area contributed by atoms with Gasteiger partial charge in [0.15, 0.2) is 12.5 Å². The van der Waals surface area contributed by atoms with Gasteiger partial charge in [-0.2, -0.15) is 9.72 Å². The van der Waals surface area contributed by atoms with Crippen molar-refractivity contribution in [3.8, 4) is 34.3 Å². The molecule has 0 aliphatic heterocycles. The molecule has 0 fully saturated rings. The lowest BCUT2D eigenvalue weighted by atomic mass is 10.0. The highest BCUT2D eigenvalue weighted by molar-refractivity contribution is 5.90. The zero-order valence-corrected chi connectivity index (χ0v) is 18.4. The predicted molar refractivity (Wildman–Crippen MR) is 122 cm³/mol. The minimum atomic E-state index is -0.626. The van der Waals surface area contributed by atoms with Gasteiger partial charge in [-0.1, -0.05) is 24.3 Å². The molecular formula is C24H21FN4O5. The van der Waals surface area contributed by atoms with Crippen molar-refractivity contribution in [1.29, 1.82) is 0 Å². The average Bonchev–Trinajstić information content (AvgIpc) is 3.15. The molecule has 1 N–H and O–H groups in total. The first-order chi connectivity index (χ1) is 16.5. The van der Waals surface area contributed by atoms with Crippen molar-refractivity contribution < 1.29 is 23.2 Å². The summed E-state index contributed by atoms with van der Waals surface area (Å²) in [5, 5.41) is 2.68. The lowest BCUT2D eigenvalue weighted by molar-refractivity contribution is -0.114. The third-order valence-corrected chi connectivity index (χ3v) is 4.70. The Hall–Kier alpha value is -4.31. The number of carbonyl (C=O) groups is 1. The van der Waals surface area contributed by atoms with Crippen molar-refractivity contribution >= 4 is 11.6 Å². The van der Waals surface area contributed by atoms with Crippen LogP contribution in [0.4, 0.5) is 10.1 Å². The van der Waals surface area contributed by atoms with Crippen molar-refractivity contribution in [3.05, 3.63) is 77.0 Å². The van der Waals surface area contributed by atoms with Gasteiger partial charge in [0.2, 0.25) is 5.91 Å². The van der Waals surface area contributed by atoms with E-state index >= 15 is 0 Å². The lowest BCUT2D eigenvalue weighted by Crippen LogP contribution is -2.07. The number of nitrogens with one attached hydrogen (secondary N) is 1. The van der Waals surface area contributed by atoms with Gasteiger partial charge in [0.25, 0.3) is 0 Å². The highest BCUT2D eigenvalue weighted by atomic mass is 19.1. The largest absolute Gasteiger partial charge is 0.422 e. The number of anilines is 1. The first-order valence-corrected chi connectivity index (χ1v) is 10.4. The van der Waals surface area contributed by atoms with Gasteiger partial charge in [0.1, 0.15) is 11.5 Å². The van der Waals surface area contributed by atoms with E-state index in [1.807, 2.05) is 6.92 Å². The first-order valence-electron chi connectivity index (χ1n) is 10.4. The Labute approximate surface area is 193 Å². The van der Waals surface area contributed by atoms with E-state index in [2.05, 4.69) is 15.3 Å². The number of aromatic nitrogens is 3. The number of halogens is 1. The van der Waals surface area contributed by atoms with Crippen molar-refractivity contribution in [2.45, 2.75) is 20.6 Å². The Morgan fingerprint density at radius 1 is 1.15 bits per heavy atom. The van der Waals surface area contributed by atoms with Crippen LogP contribution in [-0.4, -0.2) is 27.2 Å². The summed E-state index contributed by atoms with van der Waals surface area (Å²) in [4.78, 5) is 32.9. The molecule has 1 amide bonds. The fourth-order valence-corrected chi connectivity index (χ4v) is 3.27. The third kappa shape index (κ3) is 5.02. The molecule has 2 aromatic heterocycles. The minimum absolute atomic E-state index is 0.0167. The lowest BCUT2D eigenvalue weighted by Gasteiger charge is -2.11. The Morgan fingerprint density at radius 3 is 2.65 bits per heavy atom. The SMILES string of the molecule is CCOCn1oc(=O)c(-c2ccc(F)cc2)c1-c1ccnc(Oc2ccccc2NC(C)=O)n1. The third-order valence-electron chi connectivity index (χ3n) is 4.70. The predicted octanol–water partition coefficient (Wildman–Crippen LogP) is 4.45. The Balaban J connectivity index is 1.78. The normalized spacial score (nSPS) is 10.8. The van der Waals surface area contributed by atoms with E-state index in [-0.39, 0.29) is 24.2 Å². The van der Waals surface area contributed by atoms with Crippen LogP contribution in [0.5, 0.6) is 11.8 Å². The molecule has 34 heavy (non-hydrogen) atoms. The second kappa shape index (κ2) is 10.1. The zero-order chi connectivity index (χ0) is 24.1. The highest BCUT2D eigenvalue weighted by Crippen LogP contribution is 2.32. The molecule has 4 aromatic rings. The second-order valence-electron chi connectivity index (χ2n) is 7.11. The Morgan fingerprint density at radius 2 is 1.91 bits per heavy atom. The zero-order valence-electron chi connectivity index (χ0n) is 18.4. The van der Waals surface area contributed by atoms with E-state index in [4.69, 9.17) is 14.0 Å². The van der Waals surface area contributed by atoms with Crippen molar-refractivity contribution in [2.75, 3.05) is 11.9 Å². The molecule has 0 unspecified atom stereocenters. The quantitative estimate of drug-likeness (QED) is 0.410. The van der Waals surface area contributed by atoms with Gasteiger partial charge in [-0.05, 0) is 42.8 Å². The van der Waals surface area contributed by atoms with Gasteiger partial charge in [0.05, 0.1) is 16.9 Å². The van der Waals surface area contributed by atoms with E-state index in [9.17, 15) is 14.0 Å². The molecule has 2 heterocycles. The summed E-state index contributed by atoms with van der Waals surface area (Å²) in [6, 6.07) is 13.9. The Kier molecular flexibility index (Phi) is 6.79. The molecule has 9 nitrogen and oxygen atoms in total. The molecule has 0 bridgehead atoms. The van der Waals surface area contributed by atoms with Crippen molar-refractivity contribution in [3.63, 3.8) is 0 Å². The summed E-state index contributed by atoms with van der Waals surface area (Å²) in [5.41, 5.74) is 1.13. The standard InChI is InChI=1S/C24H21FN4O5/c1-3-32-14-29-22(21(23(31)34-29)16-8-10-17(25)11-9-16)19-12-13-26-24(28-19)33-20-7-5-4-6-18(20)27-15(2)30/h4-13H,3,14H2,1-2H3,(H,27,30). The minimum Gasteiger partial charge on any atom is -0.422 e. The summed E-state index contributed by atoms with van der Waals surface area (Å²) >= 11 is 0. The maximum atomic E-state index is 13.5. The number of carbonyl (C=O) groups excluding carboxylic acids is 1. The molecule has 0 saturated carbocycles. The van der Waals surface area contributed by atoms with E-state index in [1.54, 1.807) is 30.3 Å². The maximum Gasteiger partial charge on any atom is 0.366 e. The number of rotatable bonds is 8. The molecule has 0 saturated heterocycles. The highest BCUT2D eigenvalue weighted by Gasteiger charge is 2.23. The molecule has 2 aromatic carbocycles. The first kappa shape index (κ1) is 22.9. The fourth-order valence-electron chi connectivity index (χ4n) is 3.27. The fraction of sp³-hybridized carbons (Fsp3) is 0.167. The van der Waals surface area contributed by atoms with Crippen LogP contribution >= 0.6 is 0 Å². The molecule has 10 heteroatoms. The average molecular weight is 464 g/mol. The number of amides is 1. The van der Waals surface area contributed by atoms with Gasteiger partial charge in [-0.15, -0.1) is 0 Å². The molecule has 0 aliphatic rings. The van der Waals surface area contributed by atoms with Gasteiger partial charge in [0, 0.05) is 19.7 Å².